The third kappa shape index (κ3) is 4.97. The van der Waals surface area contributed by atoms with Crippen LogP contribution in [0.3, 0.4) is 0 Å². The molecule has 152 valence electrons. The summed E-state index contributed by atoms with van der Waals surface area (Å²) in [4.78, 5) is 39.7. The zero-order chi connectivity index (χ0) is 21.7. The van der Waals surface area contributed by atoms with Crippen molar-refractivity contribution >= 4 is 50.6 Å². The number of pyridine rings is 1. The maximum atomic E-state index is 12.7. The van der Waals surface area contributed by atoms with E-state index in [9.17, 15) is 19.7 Å². The van der Waals surface area contributed by atoms with Gasteiger partial charge in [-0.25, -0.2) is 4.98 Å². The number of rotatable bonds is 6. The Balaban J connectivity index is 1.79. The summed E-state index contributed by atoms with van der Waals surface area (Å²) < 4.78 is 0.785. The number of nitro groups is 1. The highest BCUT2D eigenvalue weighted by atomic mass is 79.9. The number of non-ortho nitro benzene ring substituents is 1. The standard InChI is InChI=1S/C20H16BrN5O4/c1-22-17-7-6-15(26(29)30)10-16(17)20(28)24-14-4-2-3-12(9-14)19(27)25-18-8-5-13(21)11-23-18/h2-11,22H,1H3,(H,24,28)(H,23,25,27). The van der Waals surface area contributed by atoms with Crippen LogP contribution in [0, 0.1) is 10.1 Å². The molecule has 0 aliphatic heterocycles. The van der Waals surface area contributed by atoms with E-state index in [1.807, 2.05) is 0 Å². The number of hydrogen-bond donors (Lipinski definition) is 3. The second-order valence-electron chi connectivity index (χ2n) is 6.09. The molecule has 3 N–H and O–H groups in total. The molecule has 0 aliphatic carbocycles. The molecule has 0 aliphatic rings. The average molecular weight is 470 g/mol. The van der Waals surface area contributed by atoms with E-state index >= 15 is 0 Å². The molecule has 2 amide bonds. The summed E-state index contributed by atoms with van der Waals surface area (Å²) in [6.45, 7) is 0. The van der Waals surface area contributed by atoms with E-state index in [1.54, 1.807) is 43.6 Å². The summed E-state index contributed by atoms with van der Waals surface area (Å²) in [5.74, 6) is -0.560. The topological polar surface area (TPSA) is 126 Å². The lowest BCUT2D eigenvalue weighted by Gasteiger charge is -2.11. The van der Waals surface area contributed by atoms with E-state index in [-0.39, 0.29) is 11.3 Å². The van der Waals surface area contributed by atoms with Gasteiger partial charge in [0.2, 0.25) is 0 Å². The summed E-state index contributed by atoms with van der Waals surface area (Å²) in [6.07, 6.45) is 1.56. The van der Waals surface area contributed by atoms with Gasteiger partial charge in [0.05, 0.1) is 10.5 Å². The number of nitrogens with zero attached hydrogens (tertiary/aromatic N) is 2. The molecule has 0 unspecified atom stereocenters. The van der Waals surface area contributed by atoms with Crippen LogP contribution in [-0.2, 0) is 0 Å². The number of nitro benzene ring substituents is 1. The largest absolute Gasteiger partial charge is 0.387 e. The SMILES string of the molecule is CNc1ccc([N+](=O)[O-])cc1C(=O)Nc1cccc(C(=O)Nc2ccc(Br)cn2)c1. The fraction of sp³-hybridized carbons (Fsp3) is 0.0500. The smallest absolute Gasteiger partial charge is 0.270 e. The normalized spacial score (nSPS) is 10.2. The van der Waals surface area contributed by atoms with E-state index < -0.39 is 16.7 Å². The number of aromatic nitrogens is 1. The Bertz CT molecular complexity index is 1120. The Morgan fingerprint density at radius 3 is 2.50 bits per heavy atom. The van der Waals surface area contributed by atoms with Crippen molar-refractivity contribution in [3.05, 3.63) is 86.5 Å². The molecule has 0 fully saturated rings. The van der Waals surface area contributed by atoms with Crippen molar-refractivity contribution in [3.63, 3.8) is 0 Å². The van der Waals surface area contributed by atoms with Crippen LogP contribution >= 0.6 is 15.9 Å². The first-order chi connectivity index (χ1) is 14.4. The van der Waals surface area contributed by atoms with E-state index in [0.717, 1.165) is 4.47 Å². The van der Waals surface area contributed by atoms with Gasteiger partial charge in [0.1, 0.15) is 5.82 Å². The lowest BCUT2D eigenvalue weighted by molar-refractivity contribution is -0.384. The zero-order valence-corrected chi connectivity index (χ0v) is 17.3. The molecule has 0 saturated carbocycles. The first-order valence-electron chi connectivity index (χ1n) is 8.68. The van der Waals surface area contributed by atoms with Crippen LogP contribution in [0.4, 0.5) is 22.9 Å². The van der Waals surface area contributed by atoms with Gasteiger partial charge in [-0.05, 0) is 52.3 Å². The second-order valence-corrected chi connectivity index (χ2v) is 7.00. The summed E-state index contributed by atoms with van der Waals surface area (Å²) in [5, 5.41) is 19.2. The molecule has 30 heavy (non-hydrogen) atoms. The number of carbonyl (C=O) groups excluding carboxylic acids is 2. The Morgan fingerprint density at radius 2 is 1.83 bits per heavy atom. The quantitative estimate of drug-likeness (QED) is 0.364. The van der Waals surface area contributed by atoms with Gasteiger partial charge in [0.15, 0.2) is 0 Å². The second kappa shape index (κ2) is 9.14. The first kappa shape index (κ1) is 20.9. The van der Waals surface area contributed by atoms with E-state index in [4.69, 9.17) is 0 Å². The Kier molecular flexibility index (Phi) is 6.38. The number of halogens is 1. The summed E-state index contributed by atoms with van der Waals surface area (Å²) in [6, 6.07) is 13.7. The Labute approximate surface area is 179 Å². The van der Waals surface area contributed by atoms with Gasteiger partial charge < -0.3 is 16.0 Å². The number of hydrogen-bond acceptors (Lipinski definition) is 6. The lowest BCUT2D eigenvalue weighted by Crippen LogP contribution is -2.16. The number of carbonyl (C=O) groups is 2. The van der Waals surface area contributed by atoms with Crippen LogP contribution in [-0.4, -0.2) is 28.8 Å². The highest BCUT2D eigenvalue weighted by molar-refractivity contribution is 9.10. The van der Waals surface area contributed by atoms with Gasteiger partial charge in [-0.1, -0.05) is 6.07 Å². The Morgan fingerprint density at radius 1 is 1.03 bits per heavy atom. The summed E-state index contributed by atoms with van der Waals surface area (Å²) >= 11 is 3.27. The third-order valence-electron chi connectivity index (χ3n) is 4.08. The van der Waals surface area contributed by atoms with Crippen molar-refractivity contribution in [1.82, 2.24) is 4.98 Å². The van der Waals surface area contributed by atoms with Crippen LogP contribution in [0.5, 0.6) is 0 Å². The predicted octanol–water partition coefficient (Wildman–Crippen LogP) is 4.30. The van der Waals surface area contributed by atoms with Crippen LogP contribution in [0.25, 0.3) is 0 Å². The molecule has 1 aromatic heterocycles. The minimum absolute atomic E-state index is 0.112. The monoisotopic (exact) mass is 469 g/mol. The van der Waals surface area contributed by atoms with Crippen molar-refractivity contribution < 1.29 is 14.5 Å². The highest BCUT2D eigenvalue weighted by Crippen LogP contribution is 2.23. The van der Waals surface area contributed by atoms with Gasteiger partial charge in [-0.3, -0.25) is 19.7 Å². The number of benzene rings is 2. The minimum atomic E-state index is -0.572. The molecule has 0 radical (unpaired) electrons. The van der Waals surface area contributed by atoms with Crippen molar-refractivity contribution in [1.29, 1.82) is 0 Å². The van der Waals surface area contributed by atoms with Crippen LogP contribution in [0.15, 0.2) is 65.3 Å². The first-order valence-corrected chi connectivity index (χ1v) is 9.47. The Hall–Kier alpha value is -3.79. The van der Waals surface area contributed by atoms with Crippen LogP contribution < -0.4 is 16.0 Å². The molecule has 3 rings (SSSR count). The fourth-order valence-electron chi connectivity index (χ4n) is 2.63. The van der Waals surface area contributed by atoms with E-state index in [0.29, 0.717) is 22.8 Å². The molecule has 0 atom stereocenters. The molecule has 2 aromatic carbocycles. The van der Waals surface area contributed by atoms with E-state index in [1.165, 1.54) is 24.3 Å². The van der Waals surface area contributed by atoms with Gasteiger partial charge in [0, 0.05) is 46.8 Å². The molecule has 1 heterocycles. The molecular weight excluding hydrogens is 454 g/mol. The molecule has 0 bridgehead atoms. The van der Waals surface area contributed by atoms with Crippen molar-refractivity contribution in [3.8, 4) is 0 Å². The van der Waals surface area contributed by atoms with Crippen molar-refractivity contribution in [2.75, 3.05) is 23.0 Å². The average Bonchev–Trinajstić information content (AvgIpc) is 2.75. The van der Waals surface area contributed by atoms with Crippen molar-refractivity contribution in [2.24, 2.45) is 0 Å². The fourth-order valence-corrected chi connectivity index (χ4v) is 2.86. The number of amides is 2. The van der Waals surface area contributed by atoms with Gasteiger partial charge in [-0.2, -0.15) is 0 Å². The summed E-state index contributed by atoms with van der Waals surface area (Å²) in [5.41, 5.74) is 1.03. The molecule has 10 heteroatoms. The molecular formula is C20H16BrN5O4. The van der Waals surface area contributed by atoms with Crippen molar-refractivity contribution in [2.45, 2.75) is 0 Å². The van der Waals surface area contributed by atoms with E-state index in [2.05, 4.69) is 36.9 Å². The van der Waals surface area contributed by atoms with Gasteiger partial charge >= 0.3 is 0 Å². The van der Waals surface area contributed by atoms with Crippen LogP contribution in [0.2, 0.25) is 0 Å². The van der Waals surface area contributed by atoms with Gasteiger partial charge in [-0.15, -0.1) is 0 Å². The van der Waals surface area contributed by atoms with Gasteiger partial charge in [0.25, 0.3) is 17.5 Å². The lowest BCUT2D eigenvalue weighted by atomic mass is 10.1. The maximum Gasteiger partial charge on any atom is 0.270 e. The summed E-state index contributed by atoms with van der Waals surface area (Å²) in [7, 11) is 1.61. The molecule has 3 aromatic rings. The molecule has 0 spiro atoms. The zero-order valence-electron chi connectivity index (χ0n) is 15.7. The predicted molar refractivity (Wildman–Crippen MR) is 117 cm³/mol. The number of anilines is 3. The molecule has 0 saturated heterocycles. The minimum Gasteiger partial charge on any atom is -0.387 e. The molecule has 9 nitrogen and oxygen atoms in total. The highest BCUT2D eigenvalue weighted by Gasteiger charge is 2.17. The van der Waals surface area contributed by atoms with Crippen LogP contribution in [0.1, 0.15) is 20.7 Å². The number of nitrogens with one attached hydrogen (secondary N) is 3. The third-order valence-corrected chi connectivity index (χ3v) is 4.55. The maximum absolute atomic E-state index is 12.7.